The first kappa shape index (κ1) is 21.0. The van der Waals surface area contributed by atoms with Gasteiger partial charge in [0.15, 0.2) is 11.6 Å². The topological polar surface area (TPSA) is 55.1 Å². The van der Waals surface area contributed by atoms with E-state index < -0.39 is 29.0 Å². The van der Waals surface area contributed by atoms with Crippen LogP contribution in [0.2, 0.25) is 0 Å². The monoisotopic (exact) mass is 386 g/mol. The number of allylic oxidation sites excluding steroid dienone is 5. The Morgan fingerprint density at radius 1 is 1.21 bits per heavy atom. The smallest absolute Gasteiger partial charge is 0.251 e. The zero-order valence-corrected chi connectivity index (χ0v) is 15.7. The first-order valence-electron chi connectivity index (χ1n) is 8.67. The molecule has 0 bridgehead atoms. The number of hydrogen-bond donors (Lipinski definition) is 2. The number of carbonyl (C=O) groups is 1. The van der Waals surface area contributed by atoms with E-state index in [2.05, 4.69) is 11.9 Å². The van der Waals surface area contributed by atoms with Crippen molar-refractivity contribution in [2.24, 2.45) is 5.73 Å². The molecule has 146 valence electrons. The van der Waals surface area contributed by atoms with Crippen LogP contribution in [0.15, 0.2) is 55.1 Å². The first-order valence-corrected chi connectivity index (χ1v) is 8.67. The maximum atomic E-state index is 14.6. The van der Waals surface area contributed by atoms with Gasteiger partial charge in [-0.3, -0.25) is 4.79 Å². The molecule has 0 saturated heterocycles. The van der Waals surface area contributed by atoms with E-state index in [1.807, 2.05) is 6.92 Å². The third-order valence-electron chi connectivity index (χ3n) is 4.12. The van der Waals surface area contributed by atoms with Crippen LogP contribution in [0.1, 0.15) is 35.3 Å². The van der Waals surface area contributed by atoms with E-state index in [1.54, 1.807) is 25.1 Å². The van der Waals surface area contributed by atoms with Crippen LogP contribution in [0, 0.1) is 17.5 Å². The van der Waals surface area contributed by atoms with E-state index in [0.29, 0.717) is 12.0 Å². The van der Waals surface area contributed by atoms with Gasteiger partial charge in [-0.15, -0.1) is 0 Å². The second kappa shape index (κ2) is 9.08. The molecule has 1 amide bonds. The fourth-order valence-electron chi connectivity index (χ4n) is 2.78. The number of anilines is 2. The highest BCUT2D eigenvalue weighted by molar-refractivity contribution is 6.05. The lowest BCUT2D eigenvalue weighted by Gasteiger charge is -2.17. The van der Waals surface area contributed by atoms with Gasteiger partial charge >= 0.3 is 0 Å². The zero-order chi connectivity index (χ0) is 20.8. The Bertz CT molecular complexity index is 978. The maximum absolute atomic E-state index is 14.6. The molecule has 0 saturated carbocycles. The SMILES string of the molecule is C=C/C=C(\C=C/C)c1cc(F)c(F)c(Nc2ccc(CC)cc2F)c1C(N)=O. The molecule has 6 heteroatoms. The summed E-state index contributed by atoms with van der Waals surface area (Å²) in [6.45, 7) is 7.17. The molecular formula is C22H21F3N2O. The second-order valence-corrected chi connectivity index (χ2v) is 5.98. The van der Waals surface area contributed by atoms with Gasteiger partial charge in [0.05, 0.1) is 16.9 Å². The molecule has 0 radical (unpaired) electrons. The summed E-state index contributed by atoms with van der Waals surface area (Å²) in [5.74, 6) is -4.17. The van der Waals surface area contributed by atoms with Gasteiger partial charge < -0.3 is 11.1 Å². The Morgan fingerprint density at radius 2 is 1.93 bits per heavy atom. The van der Waals surface area contributed by atoms with Crippen LogP contribution in [-0.2, 0) is 6.42 Å². The minimum Gasteiger partial charge on any atom is -0.366 e. The molecule has 0 aromatic heterocycles. The van der Waals surface area contributed by atoms with Crippen molar-refractivity contribution < 1.29 is 18.0 Å². The summed E-state index contributed by atoms with van der Waals surface area (Å²) in [4.78, 5) is 12.1. The van der Waals surface area contributed by atoms with Crippen LogP contribution >= 0.6 is 0 Å². The van der Waals surface area contributed by atoms with E-state index in [1.165, 1.54) is 24.3 Å². The van der Waals surface area contributed by atoms with Crippen molar-refractivity contribution in [3.05, 3.63) is 89.3 Å². The largest absolute Gasteiger partial charge is 0.366 e. The van der Waals surface area contributed by atoms with Gasteiger partial charge in [-0.05, 0) is 48.2 Å². The van der Waals surface area contributed by atoms with E-state index in [9.17, 15) is 18.0 Å². The Hall–Kier alpha value is -3.28. The van der Waals surface area contributed by atoms with E-state index >= 15 is 0 Å². The third kappa shape index (κ3) is 4.34. The van der Waals surface area contributed by atoms with Crippen molar-refractivity contribution in [1.29, 1.82) is 0 Å². The normalized spacial score (nSPS) is 11.7. The predicted octanol–water partition coefficient (Wildman–Crippen LogP) is 5.65. The standard InChI is InChI=1S/C22H21F3N2O/c1-4-7-14(8-5-2)15-12-17(24)20(25)21(19(15)22(26)28)27-18-10-9-13(6-3)11-16(18)23/h4-5,7-12,27H,1,6H2,2-3H3,(H2,26,28)/b8-5-,14-7+. The highest BCUT2D eigenvalue weighted by Crippen LogP contribution is 2.34. The lowest BCUT2D eigenvalue weighted by molar-refractivity contribution is 0.100. The quantitative estimate of drug-likeness (QED) is 0.604. The molecule has 2 rings (SSSR count). The molecule has 2 aromatic rings. The molecule has 0 aliphatic heterocycles. The number of nitrogens with one attached hydrogen (secondary N) is 1. The Balaban J connectivity index is 2.74. The van der Waals surface area contributed by atoms with Crippen molar-refractivity contribution in [3.8, 4) is 0 Å². The van der Waals surface area contributed by atoms with Crippen LogP contribution < -0.4 is 11.1 Å². The summed E-state index contributed by atoms with van der Waals surface area (Å²) in [6.07, 6.45) is 6.84. The molecule has 2 aromatic carbocycles. The lowest BCUT2D eigenvalue weighted by atomic mass is 9.95. The molecule has 0 aliphatic carbocycles. The molecule has 3 N–H and O–H groups in total. The molecule has 0 heterocycles. The fourth-order valence-corrected chi connectivity index (χ4v) is 2.78. The van der Waals surface area contributed by atoms with Crippen molar-refractivity contribution in [1.82, 2.24) is 0 Å². The third-order valence-corrected chi connectivity index (χ3v) is 4.12. The average Bonchev–Trinajstić information content (AvgIpc) is 2.66. The summed E-state index contributed by atoms with van der Waals surface area (Å²) in [6, 6.07) is 5.21. The highest BCUT2D eigenvalue weighted by atomic mass is 19.2. The number of amides is 1. The molecule has 28 heavy (non-hydrogen) atoms. The van der Waals surface area contributed by atoms with E-state index in [-0.39, 0.29) is 16.8 Å². The molecule has 0 spiro atoms. The van der Waals surface area contributed by atoms with Crippen molar-refractivity contribution in [3.63, 3.8) is 0 Å². The van der Waals surface area contributed by atoms with Gasteiger partial charge in [0.25, 0.3) is 5.91 Å². The minimum atomic E-state index is -1.32. The molecule has 0 aliphatic rings. The number of benzene rings is 2. The van der Waals surface area contributed by atoms with Crippen LogP contribution in [-0.4, -0.2) is 5.91 Å². The van der Waals surface area contributed by atoms with Gasteiger partial charge in [0.2, 0.25) is 0 Å². The number of halogens is 3. The average molecular weight is 386 g/mol. The number of hydrogen-bond acceptors (Lipinski definition) is 2. The Kier molecular flexibility index (Phi) is 6.82. The summed E-state index contributed by atoms with van der Waals surface area (Å²) in [5, 5.41) is 2.49. The van der Waals surface area contributed by atoms with Gasteiger partial charge in [0, 0.05) is 0 Å². The fraction of sp³-hybridized carbons (Fsp3) is 0.136. The number of rotatable bonds is 7. The van der Waals surface area contributed by atoms with Crippen molar-refractivity contribution in [2.45, 2.75) is 20.3 Å². The molecule has 0 atom stereocenters. The molecule has 0 fully saturated rings. The van der Waals surface area contributed by atoms with Crippen molar-refractivity contribution >= 4 is 22.9 Å². The van der Waals surface area contributed by atoms with Crippen LogP contribution in [0.4, 0.5) is 24.5 Å². The van der Waals surface area contributed by atoms with E-state index in [4.69, 9.17) is 5.73 Å². The number of nitrogens with two attached hydrogens (primary N) is 1. The predicted molar refractivity (Wildman–Crippen MR) is 107 cm³/mol. The van der Waals surface area contributed by atoms with Gasteiger partial charge in [-0.25, -0.2) is 13.2 Å². The Morgan fingerprint density at radius 3 is 2.46 bits per heavy atom. The highest BCUT2D eigenvalue weighted by Gasteiger charge is 2.24. The van der Waals surface area contributed by atoms with Gasteiger partial charge in [-0.2, -0.15) is 0 Å². The second-order valence-electron chi connectivity index (χ2n) is 5.98. The number of aryl methyl sites for hydroxylation is 1. The van der Waals surface area contributed by atoms with Crippen LogP contribution in [0.25, 0.3) is 5.57 Å². The summed E-state index contributed by atoms with van der Waals surface area (Å²) in [7, 11) is 0. The zero-order valence-electron chi connectivity index (χ0n) is 15.7. The number of primary amides is 1. The molecular weight excluding hydrogens is 365 g/mol. The maximum Gasteiger partial charge on any atom is 0.251 e. The minimum absolute atomic E-state index is 0.0671. The number of carbonyl (C=O) groups excluding carboxylic acids is 1. The Labute approximate surface area is 162 Å². The first-order chi connectivity index (χ1) is 13.3. The van der Waals surface area contributed by atoms with Crippen molar-refractivity contribution in [2.75, 3.05) is 5.32 Å². The van der Waals surface area contributed by atoms with Gasteiger partial charge in [0.1, 0.15) is 5.82 Å². The van der Waals surface area contributed by atoms with Crippen LogP contribution in [0.5, 0.6) is 0 Å². The lowest BCUT2D eigenvalue weighted by Crippen LogP contribution is -2.18. The van der Waals surface area contributed by atoms with Crippen LogP contribution in [0.3, 0.4) is 0 Å². The summed E-state index contributed by atoms with van der Waals surface area (Å²) in [5.41, 5.74) is 5.75. The van der Waals surface area contributed by atoms with E-state index in [0.717, 1.165) is 11.6 Å². The van der Waals surface area contributed by atoms with Gasteiger partial charge in [-0.1, -0.05) is 43.9 Å². The summed E-state index contributed by atoms with van der Waals surface area (Å²) >= 11 is 0. The molecule has 3 nitrogen and oxygen atoms in total. The summed E-state index contributed by atoms with van der Waals surface area (Å²) < 4.78 is 43.2. The molecule has 0 unspecified atom stereocenters.